The molecule has 136 valence electrons. The van der Waals surface area contributed by atoms with Gasteiger partial charge in [0.25, 0.3) is 10.0 Å². The van der Waals surface area contributed by atoms with E-state index in [1.165, 1.54) is 15.8 Å². The van der Waals surface area contributed by atoms with Crippen molar-refractivity contribution in [2.24, 2.45) is 5.92 Å². The van der Waals surface area contributed by atoms with Crippen LogP contribution < -0.4 is 0 Å². The van der Waals surface area contributed by atoms with Gasteiger partial charge in [0, 0.05) is 37.6 Å². The molecular formula is C16H20N2O5S2. The van der Waals surface area contributed by atoms with Gasteiger partial charge >= 0.3 is 5.97 Å². The summed E-state index contributed by atoms with van der Waals surface area (Å²) in [7, 11) is -3.72. The van der Waals surface area contributed by atoms with E-state index in [1.807, 2.05) is 6.92 Å². The van der Waals surface area contributed by atoms with E-state index < -0.39 is 16.0 Å². The molecule has 7 nitrogen and oxygen atoms in total. The molecule has 0 unspecified atom stereocenters. The molecule has 2 fully saturated rings. The van der Waals surface area contributed by atoms with Gasteiger partial charge in [-0.3, -0.25) is 4.79 Å². The SMILES string of the molecule is C/C(=C\C(=O)N1CCN(S(=O)(=O)c2cc(C(=O)O)cs2)CC1)C1CC1. The summed E-state index contributed by atoms with van der Waals surface area (Å²) >= 11 is 0.904. The predicted octanol–water partition coefficient (Wildman–Crippen LogP) is 1.64. The van der Waals surface area contributed by atoms with Crippen molar-refractivity contribution < 1.29 is 23.1 Å². The van der Waals surface area contributed by atoms with Gasteiger partial charge in [-0.25, -0.2) is 13.2 Å². The molecular weight excluding hydrogens is 364 g/mol. The van der Waals surface area contributed by atoms with Gasteiger partial charge in [0.05, 0.1) is 5.56 Å². The smallest absolute Gasteiger partial charge is 0.336 e. The highest BCUT2D eigenvalue weighted by molar-refractivity contribution is 7.91. The second-order valence-electron chi connectivity index (χ2n) is 6.35. The third-order valence-electron chi connectivity index (χ3n) is 4.54. The highest BCUT2D eigenvalue weighted by Gasteiger charge is 2.31. The number of piperazine rings is 1. The largest absolute Gasteiger partial charge is 0.478 e. The number of carboxylic acid groups (broad SMARTS) is 1. The quantitative estimate of drug-likeness (QED) is 0.779. The van der Waals surface area contributed by atoms with Crippen LogP contribution >= 0.6 is 11.3 Å². The van der Waals surface area contributed by atoms with E-state index in [9.17, 15) is 18.0 Å². The van der Waals surface area contributed by atoms with Crippen molar-refractivity contribution in [1.82, 2.24) is 9.21 Å². The van der Waals surface area contributed by atoms with Gasteiger partial charge in [0.15, 0.2) is 0 Å². The fourth-order valence-electron chi connectivity index (χ4n) is 2.78. The molecule has 2 aliphatic rings. The highest BCUT2D eigenvalue weighted by atomic mass is 32.2. The average Bonchev–Trinajstić information content (AvgIpc) is 3.30. The lowest BCUT2D eigenvalue weighted by molar-refractivity contribution is -0.127. The molecule has 1 saturated heterocycles. The molecule has 0 bridgehead atoms. The van der Waals surface area contributed by atoms with Crippen LogP contribution in [0.25, 0.3) is 0 Å². The Balaban J connectivity index is 1.63. The van der Waals surface area contributed by atoms with Crippen molar-refractivity contribution in [3.05, 3.63) is 28.7 Å². The fourth-order valence-corrected chi connectivity index (χ4v) is 5.51. The first-order valence-corrected chi connectivity index (χ1v) is 10.4. The first-order valence-electron chi connectivity index (χ1n) is 8.08. The first-order chi connectivity index (χ1) is 11.8. The maximum Gasteiger partial charge on any atom is 0.336 e. The number of hydrogen-bond acceptors (Lipinski definition) is 5. The fraction of sp³-hybridized carbons (Fsp3) is 0.500. The molecule has 0 spiro atoms. The van der Waals surface area contributed by atoms with E-state index in [2.05, 4.69) is 0 Å². The summed E-state index contributed by atoms with van der Waals surface area (Å²) in [5.41, 5.74) is 1.07. The Kier molecular flexibility index (Phi) is 4.99. The zero-order valence-corrected chi connectivity index (χ0v) is 15.5. The normalized spacial score (nSPS) is 19.9. The van der Waals surface area contributed by atoms with Crippen LogP contribution in [0.4, 0.5) is 0 Å². The molecule has 1 saturated carbocycles. The highest BCUT2D eigenvalue weighted by Crippen LogP contribution is 2.36. The van der Waals surface area contributed by atoms with Crippen molar-refractivity contribution in [3.63, 3.8) is 0 Å². The number of amides is 1. The summed E-state index contributed by atoms with van der Waals surface area (Å²) in [5.74, 6) is -0.676. The first kappa shape index (κ1) is 18.1. The maximum absolute atomic E-state index is 12.6. The number of rotatable bonds is 5. The Morgan fingerprint density at radius 2 is 1.88 bits per heavy atom. The minimum atomic E-state index is -3.72. The van der Waals surface area contributed by atoms with Gasteiger partial charge in [-0.1, -0.05) is 5.57 Å². The number of nitrogens with zero attached hydrogens (tertiary/aromatic N) is 2. The molecule has 1 aromatic heterocycles. The Bertz CT molecular complexity index is 815. The molecule has 1 aliphatic heterocycles. The van der Waals surface area contributed by atoms with Crippen molar-refractivity contribution in [2.75, 3.05) is 26.2 Å². The Morgan fingerprint density at radius 3 is 2.40 bits per heavy atom. The van der Waals surface area contributed by atoms with E-state index in [1.54, 1.807) is 11.0 Å². The van der Waals surface area contributed by atoms with Gasteiger partial charge < -0.3 is 10.0 Å². The van der Waals surface area contributed by atoms with Gasteiger partial charge in [-0.05, 0) is 31.7 Å². The van der Waals surface area contributed by atoms with E-state index >= 15 is 0 Å². The number of carbonyl (C=O) groups is 2. The average molecular weight is 384 g/mol. The topological polar surface area (TPSA) is 95.0 Å². The molecule has 1 aromatic rings. The van der Waals surface area contributed by atoms with Crippen molar-refractivity contribution in [1.29, 1.82) is 0 Å². The van der Waals surface area contributed by atoms with Gasteiger partial charge in [0.1, 0.15) is 4.21 Å². The molecule has 25 heavy (non-hydrogen) atoms. The van der Waals surface area contributed by atoms with E-state index in [-0.39, 0.29) is 28.8 Å². The standard InChI is InChI=1S/C16H20N2O5S2/c1-11(12-2-3-12)8-14(19)17-4-6-18(7-5-17)25(22,23)15-9-13(10-24-15)16(20)21/h8-10,12H,2-7H2,1H3,(H,20,21)/b11-8+. The van der Waals surface area contributed by atoms with Crippen LogP contribution in [-0.2, 0) is 14.8 Å². The Morgan fingerprint density at radius 1 is 1.24 bits per heavy atom. The minimum absolute atomic E-state index is 0.0224. The molecule has 0 atom stereocenters. The number of sulfonamides is 1. The molecule has 0 aromatic carbocycles. The summed E-state index contributed by atoms with van der Waals surface area (Å²) in [6.45, 7) is 3.07. The van der Waals surface area contributed by atoms with E-state index in [0.29, 0.717) is 19.0 Å². The lowest BCUT2D eigenvalue weighted by Gasteiger charge is -2.33. The van der Waals surface area contributed by atoms with Crippen LogP contribution in [-0.4, -0.2) is 60.8 Å². The second kappa shape index (κ2) is 6.89. The lowest BCUT2D eigenvalue weighted by atomic mass is 10.2. The summed E-state index contributed by atoms with van der Waals surface area (Å²) < 4.78 is 26.5. The van der Waals surface area contributed by atoms with Crippen molar-refractivity contribution >= 4 is 33.2 Å². The second-order valence-corrected chi connectivity index (χ2v) is 9.43. The zero-order chi connectivity index (χ0) is 18.2. The van der Waals surface area contributed by atoms with Gasteiger partial charge in [-0.2, -0.15) is 4.31 Å². The molecule has 1 N–H and O–H groups in total. The monoisotopic (exact) mass is 384 g/mol. The van der Waals surface area contributed by atoms with E-state index in [4.69, 9.17) is 5.11 Å². The number of hydrogen-bond donors (Lipinski definition) is 1. The van der Waals surface area contributed by atoms with Crippen molar-refractivity contribution in [3.8, 4) is 0 Å². The van der Waals surface area contributed by atoms with Crippen LogP contribution in [0, 0.1) is 5.92 Å². The minimum Gasteiger partial charge on any atom is -0.478 e. The van der Waals surface area contributed by atoms with Crippen LogP contribution in [0.5, 0.6) is 0 Å². The van der Waals surface area contributed by atoms with Crippen LogP contribution in [0.2, 0.25) is 0 Å². The molecule has 3 rings (SSSR count). The number of carboxylic acids is 1. The predicted molar refractivity (Wildman–Crippen MR) is 93.1 cm³/mol. The number of thiophene rings is 1. The molecule has 0 radical (unpaired) electrons. The Hall–Kier alpha value is -1.71. The summed E-state index contributed by atoms with van der Waals surface area (Å²) in [4.78, 5) is 24.8. The number of allylic oxidation sites excluding steroid dienone is 1. The zero-order valence-electron chi connectivity index (χ0n) is 13.8. The van der Waals surface area contributed by atoms with Crippen LogP contribution in [0.15, 0.2) is 27.3 Å². The van der Waals surface area contributed by atoms with Crippen LogP contribution in [0.3, 0.4) is 0 Å². The van der Waals surface area contributed by atoms with Crippen molar-refractivity contribution in [2.45, 2.75) is 24.0 Å². The third-order valence-corrected chi connectivity index (χ3v) is 7.85. The molecule has 9 heteroatoms. The van der Waals surface area contributed by atoms with Gasteiger partial charge in [0.2, 0.25) is 5.91 Å². The summed E-state index contributed by atoms with van der Waals surface area (Å²) in [6, 6.07) is 1.18. The maximum atomic E-state index is 12.6. The molecule has 1 amide bonds. The number of carbonyl (C=O) groups excluding carboxylic acids is 1. The van der Waals surface area contributed by atoms with E-state index in [0.717, 1.165) is 29.8 Å². The van der Waals surface area contributed by atoms with Gasteiger partial charge in [-0.15, -0.1) is 11.3 Å². The summed E-state index contributed by atoms with van der Waals surface area (Å²) in [5, 5.41) is 10.3. The third kappa shape index (κ3) is 3.94. The van der Waals surface area contributed by atoms with Crippen LogP contribution in [0.1, 0.15) is 30.1 Å². The molecule has 1 aliphatic carbocycles. The number of aromatic carboxylic acids is 1. The Labute approximate surface area is 150 Å². The molecule has 2 heterocycles. The summed E-state index contributed by atoms with van der Waals surface area (Å²) in [6.07, 6.45) is 3.95. The lowest BCUT2D eigenvalue weighted by Crippen LogP contribution is -2.50.